The third-order valence-electron chi connectivity index (χ3n) is 2.31. The third kappa shape index (κ3) is 2.46. The molecular formula is C12H11ClFN3O. The minimum atomic E-state index is -0.553. The summed E-state index contributed by atoms with van der Waals surface area (Å²) >= 11 is 5.69. The van der Waals surface area contributed by atoms with Gasteiger partial charge in [-0.25, -0.2) is 4.39 Å². The highest BCUT2D eigenvalue weighted by Crippen LogP contribution is 2.28. The Hall–Kier alpha value is -2.01. The Balaban J connectivity index is 2.36. The van der Waals surface area contributed by atoms with Crippen molar-refractivity contribution in [3.8, 4) is 5.88 Å². The van der Waals surface area contributed by atoms with Gasteiger partial charge < -0.3 is 15.8 Å². The summed E-state index contributed by atoms with van der Waals surface area (Å²) in [5.41, 5.74) is 6.33. The lowest BCUT2D eigenvalue weighted by Crippen LogP contribution is -2.02. The van der Waals surface area contributed by atoms with Crippen molar-refractivity contribution in [3.05, 3.63) is 41.2 Å². The Morgan fingerprint density at radius 2 is 2.11 bits per heavy atom. The standard InChI is InChI=1S/C12H11ClFN3O/c1-18-10-6-5-8(15)12(17-10)16-9-4-2-3-7(13)11(9)14/h2-6H,15H2,1H3,(H,16,17). The third-order valence-corrected chi connectivity index (χ3v) is 2.61. The summed E-state index contributed by atoms with van der Waals surface area (Å²) in [4.78, 5) is 4.09. The van der Waals surface area contributed by atoms with E-state index in [9.17, 15) is 4.39 Å². The number of nitrogens with zero attached hydrogens (tertiary/aromatic N) is 1. The zero-order valence-corrected chi connectivity index (χ0v) is 10.3. The molecule has 0 unspecified atom stereocenters. The summed E-state index contributed by atoms with van der Waals surface area (Å²) in [7, 11) is 1.49. The van der Waals surface area contributed by atoms with Crippen LogP contribution in [0.4, 0.5) is 21.6 Å². The summed E-state index contributed by atoms with van der Waals surface area (Å²) in [6.45, 7) is 0. The largest absolute Gasteiger partial charge is 0.481 e. The maximum Gasteiger partial charge on any atom is 0.215 e. The Kier molecular flexibility index (Phi) is 3.53. The van der Waals surface area contributed by atoms with Gasteiger partial charge in [-0.15, -0.1) is 0 Å². The molecule has 0 bridgehead atoms. The van der Waals surface area contributed by atoms with E-state index in [-0.39, 0.29) is 10.7 Å². The first kappa shape index (κ1) is 12.4. The maximum absolute atomic E-state index is 13.7. The second kappa shape index (κ2) is 5.10. The van der Waals surface area contributed by atoms with Gasteiger partial charge in [-0.1, -0.05) is 17.7 Å². The molecule has 0 aliphatic rings. The minimum Gasteiger partial charge on any atom is -0.481 e. The van der Waals surface area contributed by atoms with Crippen molar-refractivity contribution in [1.82, 2.24) is 4.98 Å². The average Bonchev–Trinajstić information content (AvgIpc) is 2.37. The van der Waals surface area contributed by atoms with Gasteiger partial charge in [0.25, 0.3) is 0 Å². The number of nitrogen functional groups attached to an aromatic ring is 1. The number of anilines is 3. The second-order valence-corrected chi connectivity index (χ2v) is 3.93. The van der Waals surface area contributed by atoms with Gasteiger partial charge in [0, 0.05) is 6.07 Å². The molecule has 4 nitrogen and oxygen atoms in total. The van der Waals surface area contributed by atoms with E-state index in [4.69, 9.17) is 22.1 Å². The maximum atomic E-state index is 13.7. The predicted molar refractivity (Wildman–Crippen MR) is 69.9 cm³/mol. The predicted octanol–water partition coefficient (Wildman–Crippen LogP) is 3.21. The number of nitrogens with one attached hydrogen (secondary N) is 1. The van der Waals surface area contributed by atoms with Crippen LogP contribution >= 0.6 is 11.6 Å². The zero-order valence-electron chi connectivity index (χ0n) is 9.58. The van der Waals surface area contributed by atoms with E-state index in [1.54, 1.807) is 24.3 Å². The van der Waals surface area contributed by atoms with E-state index in [0.29, 0.717) is 17.4 Å². The first-order valence-electron chi connectivity index (χ1n) is 5.13. The monoisotopic (exact) mass is 267 g/mol. The molecule has 18 heavy (non-hydrogen) atoms. The van der Waals surface area contributed by atoms with Crippen LogP contribution in [0.15, 0.2) is 30.3 Å². The highest BCUT2D eigenvalue weighted by atomic mass is 35.5. The van der Waals surface area contributed by atoms with Gasteiger partial charge >= 0.3 is 0 Å². The molecule has 0 radical (unpaired) electrons. The summed E-state index contributed by atoms with van der Waals surface area (Å²) in [5, 5.41) is 2.81. The molecule has 94 valence electrons. The summed E-state index contributed by atoms with van der Waals surface area (Å²) in [6.07, 6.45) is 0. The van der Waals surface area contributed by atoms with Crippen LogP contribution in [0.1, 0.15) is 0 Å². The van der Waals surface area contributed by atoms with E-state index in [0.717, 1.165) is 0 Å². The number of halogens is 2. The van der Waals surface area contributed by atoms with E-state index in [2.05, 4.69) is 10.3 Å². The van der Waals surface area contributed by atoms with E-state index >= 15 is 0 Å². The molecular weight excluding hydrogens is 257 g/mol. The summed E-state index contributed by atoms with van der Waals surface area (Å²) < 4.78 is 18.7. The fourth-order valence-corrected chi connectivity index (χ4v) is 1.57. The van der Waals surface area contributed by atoms with Crippen molar-refractivity contribution in [3.63, 3.8) is 0 Å². The van der Waals surface area contributed by atoms with Gasteiger partial charge in [0.15, 0.2) is 11.6 Å². The van der Waals surface area contributed by atoms with Crippen LogP contribution in [0.2, 0.25) is 5.02 Å². The highest BCUT2D eigenvalue weighted by Gasteiger charge is 2.09. The van der Waals surface area contributed by atoms with Crippen molar-refractivity contribution >= 4 is 28.8 Å². The Bertz CT molecular complexity index is 577. The van der Waals surface area contributed by atoms with Crippen LogP contribution in [0.5, 0.6) is 5.88 Å². The molecule has 0 aliphatic heterocycles. The molecule has 1 aromatic heterocycles. The van der Waals surface area contributed by atoms with Gasteiger partial charge in [0.05, 0.1) is 23.5 Å². The lowest BCUT2D eigenvalue weighted by atomic mass is 10.3. The minimum absolute atomic E-state index is 0.0291. The number of hydrogen-bond acceptors (Lipinski definition) is 4. The summed E-state index contributed by atoms with van der Waals surface area (Å²) in [6, 6.07) is 7.88. The van der Waals surface area contributed by atoms with Crippen molar-refractivity contribution in [2.45, 2.75) is 0 Å². The van der Waals surface area contributed by atoms with Crippen LogP contribution in [-0.4, -0.2) is 12.1 Å². The molecule has 0 saturated heterocycles. The highest BCUT2D eigenvalue weighted by molar-refractivity contribution is 6.31. The van der Waals surface area contributed by atoms with Gasteiger partial charge in [-0.05, 0) is 18.2 Å². The lowest BCUT2D eigenvalue weighted by molar-refractivity contribution is 0.398. The summed E-state index contributed by atoms with van der Waals surface area (Å²) in [5.74, 6) is 0.146. The fourth-order valence-electron chi connectivity index (χ4n) is 1.39. The van der Waals surface area contributed by atoms with Crippen LogP contribution < -0.4 is 15.8 Å². The average molecular weight is 268 g/mol. The Labute approximate surface area is 109 Å². The van der Waals surface area contributed by atoms with Crippen molar-refractivity contribution in [1.29, 1.82) is 0 Å². The first-order valence-corrected chi connectivity index (χ1v) is 5.51. The van der Waals surface area contributed by atoms with Gasteiger partial charge in [-0.2, -0.15) is 4.98 Å². The SMILES string of the molecule is COc1ccc(N)c(Nc2cccc(Cl)c2F)n1. The zero-order chi connectivity index (χ0) is 13.1. The molecule has 1 heterocycles. The first-order chi connectivity index (χ1) is 8.61. The number of rotatable bonds is 3. The normalized spacial score (nSPS) is 10.2. The fraction of sp³-hybridized carbons (Fsp3) is 0.0833. The van der Waals surface area contributed by atoms with Crippen LogP contribution in [-0.2, 0) is 0 Å². The van der Waals surface area contributed by atoms with Crippen molar-refractivity contribution < 1.29 is 9.13 Å². The molecule has 0 saturated carbocycles. The number of ether oxygens (including phenoxy) is 1. The van der Waals surface area contributed by atoms with Crippen LogP contribution in [0.3, 0.4) is 0 Å². The molecule has 1 aromatic carbocycles. The Morgan fingerprint density at radius 3 is 2.83 bits per heavy atom. The smallest absolute Gasteiger partial charge is 0.215 e. The second-order valence-electron chi connectivity index (χ2n) is 3.52. The molecule has 0 atom stereocenters. The van der Waals surface area contributed by atoms with Crippen molar-refractivity contribution in [2.24, 2.45) is 0 Å². The molecule has 0 aliphatic carbocycles. The lowest BCUT2D eigenvalue weighted by Gasteiger charge is -2.10. The Morgan fingerprint density at radius 1 is 1.33 bits per heavy atom. The van der Waals surface area contributed by atoms with Gasteiger partial charge in [-0.3, -0.25) is 0 Å². The number of methoxy groups -OCH3 is 1. The molecule has 2 aromatic rings. The van der Waals surface area contributed by atoms with E-state index in [1.165, 1.54) is 13.2 Å². The molecule has 6 heteroatoms. The molecule has 0 fully saturated rings. The van der Waals surface area contributed by atoms with E-state index < -0.39 is 5.82 Å². The number of hydrogen-bond donors (Lipinski definition) is 2. The van der Waals surface area contributed by atoms with Crippen molar-refractivity contribution in [2.75, 3.05) is 18.2 Å². The van der Waals surface area contributed by atoms with Gasteiger partial charge in [0.2, 0.25) is 5.88 Å². The molecule has 3 N–H and O–H groups in total. The van der Waals surface area contributed by atoms with Crippen LogP contribution in [0.25, 0.3) is 0 Å². The molecule has 0 amide bonds. The van der Waals surface area contributed by atoms with E-state index in [1.807, 2.05) is 0 Å². The topological polar surface area (TPSA) is 60.2 Å². The number of benzene rings is 1. The van der Waals surface area contributed by atoms with Gasteiger partial charge in [0.1, 0.15) is 0 Å². The quantitative estimate of drug-likeness (QED) is 0.896. The molecule has 0 spiro atoms. The molecule has 2 rings (SSSR count). The van der Waals surface area contributed by atoms with Crippen LogP contribution in [0, 0.1) is 5.82 Å². The number of pyridine rings is 1. The number of aromatic nitrogens is 1. The number of nitrogens with two attached hydrogens (primary N) is 1.